The third-order valence-electron chi connectivity index (χ3n) is 8.38. The molecule has 4 aromatic rings. The number of nitrogens with zero attached hydrogens (tertiary/aromatic N) is 3. The lowest BCUT2D eigenvalue weighted by Gasteiger charge is -2.38. The van der Waals surface area contributed by atoms with Gasteiger partial charge in [-0.1, -0.05) is 64.0 Å². The second-order valence-corrected chi connectivity index (χ2v) is 12.5. The topological polar surface area (TPSA) is 58.1 Å². The number of hydrogen-bond acceptors (Lipinski definition) is 6. The van der Waals surface area contributed by atoms with E-state index in [1.807, 2.05) is 54.6 Å². The second kappa shape index (κ2) is 14.0. The van der Waals surface area contributed by atoms with E-state index < -0.39 is 11.5 Å². The van der Waals surface area contributed by atoms with Gasteiger partial charge in [0.15, 0.2) is 0 Å². The Morgan fingerprint density at radius 2 is 1.69 bits per heavy atom. The molecule has 0 aliphatic carbocycles. The van der Waals surface area contributed by atoms with Crippen LogP contribution in [0.3, 0.4) is 0 Å². The molecule has 1 aromatic heterocycles. The molecule has 42 heavy (non-hydrogen) atoms. The van der Waals surface area contributed by atoms with E-state index >= 15 is 0 Å². The fraction of sp³-hybridized carbons (Fsp3) is 0.400. The van der Waals surface area contributed by atoms with Crippen LogP contribution in [-0.4, -0.2) is 79.0 Å². The van der Waals surface area contributed by atoms with Crippen molar-refractivity contribution in [3.63, 3.8) is 0 Å². The van der Waals surface area contributed by atoms with Gasteiger partial charge in [-0.25, -0.2) is 4.98 Å². The molecule has 222 valence electrons. The second-order valence-electron chi connectivity index (χ2n) is 11.6. The molecule has 0 radical (unpaired) electrons. The zero-order valence-corrected chi connectivity index (χ0v) is 26.5. The van der Waals surface area contributed by atoms with Crippen LogP contribution in [0.2, 0.25) is 0 Å². The van der Waals surface area contributed by atoms with Gasteiger partial charge in [-0.15, -0.1) is 0 Å². The van der Waals surface area contributed by atoms with Crippen molar-refractivity contribution in [3.8, 4) is 11.6 Å². The van der Waals surface area contributed by atoms with E-state index in [4.69, 9.17) is 14.5 Å². The summed E-state index contributed by atoms with van der Waals surface area (Å²) in [5.74, 6) is 0.847. The average molecular weight is 633 g/mol. The maximum absolute atomic E-state index is 12.8. The molecule has 0 spiro atoms. The molecule has 1 aliphatic heterocycles. The molecule has 0 amide bonds. The molecule has 0 saturated carbocycles. The number of hydrogen-bond donors (Lipinski definition) is 1. The molecular weight excluding hydrogens is 590 g/mol. The summed E-state index contributed by atoms with van der Waals surface area (Å²) in [6.45, 7) is 7.64. The fourth-order valence-corrected chi connectivity index (χ4v) is 6.30. The number of benzene rings is 3. The Labute approximate surface area is 258 Å². The minimum Gasteiger partial charge on any atom is -0.491 e. The molecule has 2 heterocycles. The highest BCUT2D eigenvalue weighted by atomic mass is 79.9. The number of ether oxygens (including phenoxy) is 2. The standard InChI is InChI=1S/C35H42BrN3O3/c1-26-11-14-30(15-12-26)42-25-35(40,17-7-8-18-39-21-19-38(2)20-22-39)33(27-9-5-4-6-10-27)31-24-28-23-29(36)13-16-32(28)37-34(31)41-3/h4-6,9-16,23-24,33,40H,7-8,17-22,25H2,1-3H3. The summed E-state index contributed by atoms with van der Waals surface area (Å²) in [5.41, 5.74) is 2.65. The average Bonchev–Trinajstić information content (AvgIpc) is 3.00. The summed E-state index contributed by atoms with van der Waals surface area (Å²) in [7, 11) is 3.83. The molecule has 5 rings (SSSR count). The number of pyridine rings is 1. The molecule has 7 heteroatoms. The monoisotopic (exact) mass is 631 g/mol. The van der Waals surface area contributed by atoms with Crippen LogP contribution < -0.4 is 9.47 Å². The Hall–Kier alpha value is -2.97. The Balaban J connectivity index is 1.50. The molecule has 6 nitrogen and oxygen atoms in total. The highest BCUT2D eigenvalue weighted by molar-refractivity contribution is 9.10. The predicted molar refractivity (Wildman–Crippen MR) is 174 cm³/mol. The van der Waals surface area contributed by atoms with Crippen LogP contribution in [0.15, 0.2) is 83.3 Å². The van der Waals surface area contributed by atoms with E-state index in [1.165, 1.54) is 5.56 Å². The first-order chi connectivity index (χ1) is 20.3. The molecule has 1 aliphatic rings. The van der Waals surface area contributed by atoms with Crippen molar-refractivity contribution >= 4 is 26.8 Å². The summed E-state index contributed by atoms with van der Waals surface area (Å²) in [4.78, 5) is 9.79. The maximum Gasteiger partial charge on any atom is 0.217 e. The molecule has 1 fully saturated rings. The number of methoxy groups -OCH3 is 1. The first-order valence-corrected chi connectivity index (χ1v) is 15.7. The molecule has 2 atom stereocenters. The third-order valence-corrected chi connectivity index (χ3v) is 8.88. The van der Waals surface area contributed by atoms with E-state index in [0.717, 1.165) is 77.8 Å². The van der Waals surface area contributed by atoms with Crippen molar-refractivity contribution < 1.29 is 14.6 Å². The van der Waals surface area contributed by atoms with Crippen molar-refractivity contribution in [2.75, 3.05) is 53.5 Å². The van der Waals surface area contributed by atoms with E-state index in [9.17, 15) is 5.11 Å². The van der Waals surface area contributed by atoms with E-state index in [-0.39, 0.29) is 6.61 Å². The Morgan fingerprint density at radius 1 is 0.952 bits per heavy atom. The van der Waals surface area contributed by atoms with Crippen LogP contribution in [0.4, 0.5) is 0 Å². The first-order valence-electron chi connectivity index (χ1n) is 14.9. The van der Waals surface area contributed by atoms with Crippen LogP contribution in [0.5, 0.6) is 11.6 Å². The number of unbranched alkanes of at least 4 members (excludes halogenated alkanes) is 1. The molecule has 0 bridgehead atoms. The summed E-state index contributed by atoms with van der Waals surface area (Å²) >= 11 is 3.61. The minimum absolute atomic E-state index is 0.143. The van der Waals surface area contributed by atoms with E-state index in [0.29, 0.717) is 12.3 Å². The lowest BCUT2D eigenvalue weighted by atomic mass is 9.75. The van der Waals surface area contributed by atoms with Gasteiger partial charge in [0.2, 0.25) is 5.88 Å². The van der Waals surface area contributed by atoms with Gasteiger partial charge in [-0.3, -0.25) is 0 Å². The smallest absolute Gasteiger partial charge is 0.217 e. The van der Waals surface area contributed by atoms with Gasteiger partial charge in [0, 0.05) is 47.5 Å². The van der Waals surface area contributed by atoms with Gasteiger partial charge >= 0.3 is 0 Å². The molecule has 1 saturated heterocycles. The number of likely N-dealkylation sites (N-methyl/N-ethyl adjacent to an activating group) is 1. The van der Waals surface area contributed by atoms with Crippen molar-refractivity contribution in [3.05, 3.63) is 100 Å². The Kier molecular flexibility index (Phi) is 10.2. The predicted octanol–water partition coefficient (Wildman–Crippen LogP) is 6.67. The lowest BCUT2D eigenvalue weighted by Crippen LogP contribution is -2.45. The Bertz CT molecular complexity index is 1440. The third kappa shape index (κ3) is 7.51. The van der Waals surface area contributed by atoms with Crippen LogP contribution in [0.1, 0.15) is 41.9 Å². The zero-order chi connectivity index (χ0) is 29.5. The first kappa shape index (κ1) is 30.5. The SMILES string of the molecule is COc1nc2ccc(Br)cc2cc1C(c1ccccc1)C(O)(CCCCN1CCN(C)CC1)COc1ccc(C)cc1. The van der Waals surface area contributed by atoms with Gasteiger partial charge in [0.05, 0.1) is 12.6 Å². The normalized spacial score (nSPS) is 16.7. The number of fused-ring (bicyclic) bond motifs is 1. The number of halogens is 1. The van der Waals surface area contributed by atoms with Crippen molar-refractivity contribution in [1.29, 1.82) is 0 Å². The summed E-state index contributed by atoms with van der Waals surface area (Å²) in [6.07, 6.45) is 2.46. The van der Waals surface area contributed by atoms with Crippen molar-refractivity contribution in [1.82, 2.24) is 14.8 Å². The van der Waals surface area contributed by atoms with Gasteiger partial charge in [0.25, 0.3) is 0 Å². The number of rotatable bonds is 12. The van der Waals surface area contributed by atoms with E-state index in [2.05, 4.69) is 64.0 Å². The van der Waals surface area contributed by atoms with Crippen LogP contribution in [0, 0.1) is 6.92 Å². The molecular formula is C35H42BrN3O3. The highest BCUT2D eigenvalue weighted by Crippen LogP contribution is 2.43. The maximum atomic E-state index is 12.8. The van der Waals surface area contributed by atoms with Crippen LogP contribution in [0.25, 0.3) is 10.9 Å². The Morgan fingerprint density at radius 3 is 2.40 bits per heavy atom. The quantitative estimate of drug-likeness (QED) is 0.176. The van der Waals surface area contributed by atoms with Crippen LogP contribution in [-0.2, 0) is 0 Å². The number of aliphatic hydroxyl groups is 1. The fourth-order valence-electron chi connectivity index (χ4n) is 5.92. The number of piperazine rings is 1. The zero-order valence-electron chi connectivity index (χ0n) is 24.9. The van der Waals surface area contributed by atoms with Gasteiger partial charge in [0.1, 0.15) is 18.0 Å². The molecule has 2 unspecified atom stereocenters. The number of aromatic nitrogens is 1. The van der Waals surface area contributed by atoms with Gasteiger partial charge in [-0.05, 0) is 81.7 Å². The van der Waals surface area contributed by atoms with Crippen molar-refractivity contribution in [2.24, 2.45) is 0 Å². The van der Waals surface area contributed by atoms with Crippen molar-refractivity contribution in [2.45, 2.75) is 37.7 Å². The lowest BCUT2D eigenvalue weighted by molar-refractivity contribution is -0.0286. The van der Waals surface area contributed by atoms with Gasteiger partial charge in [-0.2, -0.15) is 0 Å². The highest BCUT2D eigenvalue weighted by Gasteiger charge is 2.41. The van der Waals surface area contributed by atoms with Crippen LogP contribution >= 0.6 is 15.9 Å². The molecule has 3 aromatic carbocycles. The largest absolute Gasteiger partial charge is 0.491 e. The summed E-state index contributed by atoms with van der Waals surface area (Å²) in [6, 6.07) is 26.4. The summed E-state index contributed by atoms with van der Waals surface area (Å²) < 4.78 is 13.2. The van der Waals surface area contributed by atoms with E-state index in [1.54, 1.807) is 7.11 Å². The van der Waals surface area contributed by atoms with Gasteiger partial charge < -0.3 is 24.4 Å². The minimum atomic E-state index is -1.22. The number of aryl methyl sites for hydroxylation is 1. The molecule has 1 N–H and O–H groups in total. The summed E-state index contributed by atoms with van der Waals surface area (Å²) in [5, 5.41) is 13.8.